The molecule has 1 unspecified atom stereocenters. The van der Waals surface area contributed by atoms with Crippen molar-refractivity contribution in [3.63, 3.8) is 0 Å². The van der Waals surface area contributed by atoms with Gasteiger partial charge in [-0.1, -0.05) is 37.3 Å². The van der Waals surface area contributed by atoms with Crippen LogP contribution in [0.4, 0.5) is 0 Å². The summed E-state index contributed by atoms with van der Waals surface area (Å²) in [4.78, 5) is 1.36. The average Bonchev–Trinajstić information content (AvgIpc) is 2.82. The fraction of sp³-hybridized carbons (Fsp3) is 0.125. The van der Waals surface area contributed by atoms with E-state index in [1.165, 1.54) is 20.5 Å². The first kappa shape index (κ1) is 11.3. The maximum absolute atomic E-state index is 9.33. The molecule has 0 saturated carbocycles. The first-order chi connectivity index (χ1) is 8.74. The van der Waals surface area contributed by atoms with Crippen LogP contribution < -0.4 is 0 Å². The van der Waals surface area contributed by atoms with E-state index in [-0.39, 0.29) is 0 Å². The molecular weight excluding hydrogens is 240 g/mol. The lowest BCUT2D eigenvalue weighted by atomic mass is 9.99. The fourth-order valence-corrected chi connectivity index (χ4v) is 3.29. The molecule has 0 aliphatic rings. The number of rotatable bonds is 2. The van der Waals surface area contributed by atoms with E-state index in [0.717, 1.165) is 0 Å². The topological polar surface area (TPSA) is 20.2 Å². The van der Waals surface area contributed by atoms with Gasteiger partial charge in [-0.05, 0) is 35.2 Å². The van der Waals surface area contributed by atoms with Gasteiger partial charge >= 0.3 is 0 Å². The second-order valence-corrected chi connectivity index (χ2v) is 5.62. The van der Waals surface area contributed by atoms with Crippen LogP contribution in [0.3, 0.4) is 0 Å². The van der Waals surface area contributed by atoms with Crippen LogP contribution in [0.2, 0.25) is 0 Å². The molecule has 2 heteroatoms. The Kier molecular flexibility index (Phi) is 2.80. The zero-order chi connectivity index (χ0) is 12.5. The molecule has 0 amide bonds. The van der Waals surface area contributed by atoms with Gasteiger partial charge in [-0.2, -0.15) is 0 Å². The molecule has 90 valence electrons. The fourth-order valence-electron chi connectivity index (χ4n) is 2.14. The number of phenolic OH excluding ortho intramolecular Hbond substituents is 1. The summed E-state index contributed by atoms with van der Waals surface area (Å²) in [6.07, 6.45) is 0. The molecule has 0 saturated heterocycles. The number of hydrogen-bond acceptors (Lipinski definition) is 2. The van der Waals surface area contributed by atoms with Crippen molar-refractivity contribution in [2.24, 2.45) is 0 Å². The molecule has 3 rings (SSSR count). The first-order valence-electron chi connectivity index (χ1n) is 6.01. The number of aromatic hydroxyl groups is 1. The SMILES string of the molecule is CC(c1ccc(O)cc1)c1cc2ccccc2s1. The molecule has 1 atom stereocenters. The second-order valence-electron chi connectivity index (χ2n) is 4.50. The van der Waals surface area contributed by atoms with E-state index in [1.807, 2.05) is 23.5 Å². The van der Waals surface area contributed by atoms with Crippen molar-refractivity contribution in [2.45, 2.75) is 12.8 Å². The molecule has 0 fully saturated rings. The molecule has 2 aromatic carbocycles. The summed E-state index contributed by atoms with van der Waals surface area (Å²) in [6.45, 7) is 2.21. The smallest absolute Gasteiger partial charge is 0.115 e. The highest BCUT2D eigenvalue weighted by Crippen LogP contribution is 2.34. The summed E-state index contributed by atoms with van der Waals surface area (Å²) in [7, 11) is 0. The van der Waals surface area contributed by atoms with E-state index in [2.05, 4.69) is 37.3 Å². The normalized spacial score (nSPS) is 12.7. The molecule has 0 aliphatic carbocycles. The lowest BCUT2D eigenvalue weighted by Crippen LogP contribution is -1.91. The predicted molar refractivity (Wildman–Crippen MR) is 77.4 cm³/mol. The Morgan fingerprint density at radius 2 is 1.72 bits per heavy atom. The Morgan fingerprint density at radius 1 is 1.00 bits per heavy atom. The minimum absolute atomic E-state index is 0.322. The Labute approximate surface area is 110 Å². The molecule has 0 bridgehead atoms. The zero-order valence-corrected chi connectivity index (χ0v) is 10.9. The molecule has 1 nitrogen and oxygen atoms in total. The second kappa shape index (κ2) is 4.46. The monoisotopic (exact) mass is 254 g/mol. The molecule has 3 aromatic rings. The highest BCUT2D eigenvalue weighted by atomic mass is 32.1. The van der Waals surface area contributed by atoms with E-state index in [0.29, 0.717) is 11.7 Å². The van der Waals surface area contributed by atoms with Crippen LogP contribution in [0.25, 0.3) is 10.1 Å². The summed E-state index contributed by atoms with van der Waals surface area (Å²) in [5, 5.41) is 10.6. The highest BCUT2D eigenvalue weighted by Gasteiger charge is 2.11. The summed E-state index contributed by atoms with van der Waals surface area (Å²) in [5.41, 5.74) is 1.24. The van der Waals surface area contributed by atoms with Crippen molar-refractivity contribution in [3.05, 3.63) is 65.0 Å². The van der Waals surface area contributed by atoms with Gasteiger partial charge in [0, 0.05) is 15.5 Å². The third-order valence-corrected chi connectivity index (χ3v) is 4.56. The quantitative estimate of drug-likeness (QED) is 0.699. The van der Waals surface area contributed by atoms with Crippen molar-refractivity contribution in [3.8, 4) is 5.75 Å². The summed E-state index contributed by atoms with van der Waals surface area (Å²) < 4.78 is 1.33. The van der Waals surface area contributed by atoms with Gasteiger partial charge in [-0.25, -0.2) is 0 Å². The Morgan fingerprint density at radius 3 is 2.44 bits per heavy atom. The molecule has 1 N–H and O–H groups in total. The summed E-state index contributed by atoms with van der Waals surface area (Å²) in [5.74, 6) is 0.685. The molecular formula is C16H14OS. The van der Waals surface area contributed by atoms with Gasteiger partial charge in [-0.3, -0.25) is 0 Å². The van der Waals surface area contributed by atoms with Crippen molar-refractivity contribution in [1.82, 2.24) is 0 Å². The van der Waals surface area contributed by atoms with Crippen LogP contribution >= 0.6 is 11.3 Å². The number of benzene rings is 2. The molecule has 18 heavy (non-hydrogen) atoms. The van der Waals surface area contributed by atoms with Crippen LogP contribution in [0.15, 0.2) is 54.6 Å². The van der Waals surface area contributed by atoms with Crippen molar-refractivity contribution < 1.29 is 5.11 Å². The van der Waals surface area contributed by atoms with Crippen molar-refractivity contribution in [2.75, 3.05) is 0 Å². The van der Waals surface area contributed by atoms with Gasteiger partial charge in [0.15, 0.2) is 0 Å². The highest BCUT2D eigenvalue weighted by molar-refractivity contribution is 7.19. The third kappa shape index (κ3) is 2.00. The van der Waals surface area contributed by atoms with E-state index in [1.54, 1.807) is 12.1 Å². The standard InChI is InChI=1S/C16H14OS/c1-11(12-6-8-14(17)9-7-12)16-10-13-4-2-3-5-15(13)18-16/h2-11,17H,1H3. The van der Waals surface area contributed by atoms with Gasteiger partial charge in [0.25, 0.3) is 0 Å². The Balaban J connectivity index is 2.00. The van der Waals surface area contributed by atoms with Crippen LogP contribution in [0.5, 0.6) is 5.75 Å². The first-order valence-corrected chi connectivity index (χ1v) is 6.83. The number of hydrogen-bond donors (Lipinski definition) is 1. The van der Waals surface area contributed by atoms with Crippen LogP contribution in [0, 0.1) is 0 Å². The zero-order valence-electron chi connectivity index (χ0n) is 10.1. The number of phenols is 1. The van der Waals surface area contributed by atoms with Crippen LogP contribution in [-0.4, -0.2) is 5.11 Å². The summed E-state index contributed by atoms with van der Waals surface area (Å²) >= 11 is 1.84. The number of thiophene rings is 1. The minimum Gasteiger partial charge on any atom is -0.508 e. The molecule has 1 heterocycles. The van der Waals surface area contributed by atoms with Gasteiger partial charge in [-0.15, -0.1) is 11.3 Å². The maximum Gasteiger partial charge on any atom is 0.115 e. The van der Waals surface area contributed by atoms with Crippen LogP contribution in [0.1, 0.15) is 23.3 Å². The molecule has 1 aromatic heterocycles. The van der Waals surface area contributed by atoms with Gasteiger partial charge in [0.05, 0.1) is 0 Å². The Bertz CT molecular complexity index is 634. The summed E-state index contributed by atoms with van der Waals surface area (Å²) in [6, 6.07) is 18.2. The number of fused-ring (bicyclic) bond motifs is 1. The van der Waals surface area contributed by atoms with Crippen molar-refractivity contribution in [1.29, 1.82) is 0 Å². The largest absolute Gasteiger partial charge is 0.508 e. The molecule has 0 aliphatic heterocycles. The van der Waals surface area contributed by atoms with E-state index < -0.39 is 0 Å². The predicted octanol–water partition coefficient (Wildman–Crippen LogP) is 4.76. The molecule has 0 radical (unpaired) electrons. The van der Waals surface area contributed by atoms with Gasteiger partial charge in [0.2, 0.25) is 0 Å². The lowest BCUT2D eigenvalue weighted by Gasteiger charge is -2.09. The van der Waals surface area contributed by atoms with Gasteiger partial charge in [0.1, 0.15) is 5.75 Å². The van der Waals surface area contributed by atoms with E-state index in [9.17, 15) is 5.11 Å². The van der Waals surface area contributed by atoms with E-state index in [4.69, 9.17) is 0 Å². The minimum atomic E-state index is 0.322. The van der Waals surface area contributed by atoms with Gasteiger partial charge < -0.3 is 5.11 Å². The maximum atomic E-state index is 9.33. The van der Waals surface area contributed by atoms with Crippen LogP contribution in [-0.2, 0) is 0 Å². The van der Waals surface area contributed by atoms with Crippen molar-refractivity contribution >= 4 is 21.4 Å². The average molecular weight is 254 g/mol. The third-order valence-electron chi connectivity index (χ3n) is 3.26. The molecule has 0 spiro atoms. The Hall–Kier alpha value is -1.80. The van der Waals surface area contributed by atoms with E-state index >= 15 is 0 Å². The lowest BCUT2D eigenvalue weighted by molar-refractivity contribution is 0.475.